The van der Waals surface area contributed by atoms with Crippen LogP contribution in [-0.4, -0.2) is 10.2 Å². The molecule has 62 valence electrons. The molecule has 5 heteroatoms. The monoisotopic (exact) mass is 183 g/mol. The Labute approximate surface area is 66.4 Å². The van der Waals surface area contributed by atoms with E-state index < -0.39 is 11.7 Å². The summed E-state index contributed by atoms with van der Waals surface area (Å²) in [5, 5.41) is 0. The van der Waals surface area contributed by atoms with Gasteiger partial charge < -0.3 is 0 Å². The Morgan fingerprint density at radius 2 is 1.73 bits per heavy atom. The highest BCUT2D eigenvalue weighted by Crippen LogP contribution is 2.29. The molecule has 1 aromatic rings. The maximum absolute atomic E-state index is 12.6. The Bertz CT molecular complexity index is 220. The third-order valence-corrected chi connectivity index (χ3v) is 1.47. The number of halogens is 4. The first-order valence-corrected chi connectivity index (χ1v) is 3.28. The van der Waals surface area contributed by atoms with E-state index in [4.69, 9.17) is 0 Å². The van der Waals surface area contributed by atoms with Crippen molar-refractivity contribution in [1.29, 1.82) is 0 Å². The van der Waals surface area contributed by atoms with Gasteiger partial charge in [-0.1, -0.05) is 11.6 Å². The van der Waals surface area contributed by atoms with Crippen molar-refractivity contribution < 1.29 is 13.2 Å². The first-order chi connectivity index (χ1) is 5.05. The lowest BCUT2D eigenvalue weighted by molar-refractivity contribution is -0.115. The van der Waals surface area contributed by atoms with Crippen molar-refractivity contribution in [2.45, 2.75) is 11.7 Å². The fraction of sp³-hybridized carbons (Fsp3) is 0.333. The SMILES string of the molecule is FC(Cl)C(F)(F)n1cccc1. The van der Waals surface area contributed by atoms with Crippen molar-refractivity contribution >= 4 is 11.6 Å². The Morgan fingerprint density at radius 1 is 1.27 bits per heavy atom. The van der Waals surface area contributed by atoms with Gasteiger partial charge in [0, 0.05) is 12.4 Å². The van der Waals surface area contributed by atoms with Crippen molar-refractivity contribution in [3.8, 4) is 0 Å². The summed E-state index contributed by atoms with van der Waals surface area (Å²) in [6.45, 7) is 0. The highest BCUT2D eigenvalue weighted by atomic mass is 35.5. The van der Waals surface area contributed by atoms with Crippen molar-refractivity contribution in [2.75, 3.05) is 0 Å². The largest absolute Gasteiger partial charge is 0.373 e. The number of aromatic nitrogens is 1. The lowest BCUT2D eigenvalue weighted by Crippen LogP contribution is -2.29. The minimum absolute atomic E-state index is 0.421. The van der Waals surface area contributed by atoms with Crippen LogP contribution in [0.5, 0.6) is 0 Å². The lowest BCUT2D eigenvalue weighted by Gasteiger charge is -2.17. The van der Waals surface area contributed by atoms with Gasteiger partial charge >= 0.3 is 6.05 Å². The van der Waals surface area contributed by atoms with Crippen LogP contribution in [-0.2, 0) is 6.05 Å². The Morgan fingerprint density at radius 3 is 2.09 bits per heavy atom. The van der Waals surface area contributed by atoms with E-state index in [1.807, 2.05) is 0 Å². The summed E-state index contributed by atoms with van der Waals surface area (Å²) in [6, 6.07) is -0.925. The molecule has 11 heavy (non-hydrogen) atoms. The van der Waals surface area contributed by atoms with Gasteiger partial charge in [0.2, 0.25) is 0 Å². The first kappa shape index (κ1) is 8.46. The summed E-state index contributed by atoms with van der Waals surface area (Å²) >= 11 is 4.62. The van der Waals surface area contributed by atoms with Crippen LogP contribution in [0.3, 0.4) is 0 Å². The van der Waals surface area contributed by atoms with Crippen LogP contribution in [0.2, 0.25) is 0 Å². The smallest absolute Gasteiger partial charge is 0.292 e. The number of nitrogens with zero attached hydrogens (tertiary/aromatic N) is 1. The molecule has 1 atom stereocenters. The zero-order valence-electron chi connectivity index (χ0n) is 5.35. The van der Waals surface area contributed by atoms with Gasteiger partial charge in [0.1, 0.15) is 0 Å². The molecule has 0 fully saturated rings. The van der Waals surface area contributed by atoms with Gasteiger partial charge in [-0.15, -0.1) is 0 Å². The summed E-state index contributed by atoms with van der Waals surface area (Å²) in [7, 11) is 0. The van der Waals surface area contributed by atoms with E-state index in [0.717, 1.165) is 12.4 Å². The number of hydrogen-bond acceptors (Lipinski definition) is 0. The topological polar surface area (TPSA) is 4.93 Å². The molecule has 0 saturated carbocycles. The molecular weight excluding hydrogens is 179 g/mol. The average molecular weight is 184 g/mol. The Hall–Kier alpha value is -0.640. The van der Waals surface area contributed by atoms with Gasteiger partial charge in [-0.3, -0.25) is 4.57 Å². The van der Waals surface area contributed by atoms with Gasteiger partial charge in [0.05, 0.1) is 0 Å². The summed E-state index contributed by atoms with van der Waals surface area (Å²) in [5.41, 5.74) is -2.70. The maximum Gasteiger partial charge on any atom is 0.373 e. The molecule has 0 N–H and O–H groups in total. The number of hydrogen-bond donors (Lipinski definition) is 0. The van der Waals surface area contributed by atoms with Crippen LogP contribution in [0, 0.1) is 0 Å². The second-order valence-electron chi connectivity index (χ2n) is 1.98. The molecular formula is C6H5ClF3N. The van der Waals surface area contributed by atoms with E-state index in [0.29, 0.717) is 4.57 Å². The predicted molar refractivity (Wildman–Crippen MR) is 35.4 cm³/mol. The fourth-order valence-electron chi connectivity index (χ4n) is 0.646. The molecule has 0 bridgehead atoms. The molecule has 0 aromatic carbocycles. The number of alkyl halides is 4. The van der Waals surface area contributed by atoms with Crippen LogP contribution in [0.15, 0.2) is 24.5 Å². The molecule has 0 aliphatic heterocycles. The van der Waals surface area contributed by atoms with Crippen molar-refractivity contribution in [1.82, 2.24) is 4.57 Å². The highest BCUT2D eigenvalue weighted by Gasteiger charge is 2.40. The van der Waals surface area contributed by atoms with E-state index >= 15 is 0 Å². The van der Waals surface area contributed by atoms with Crippen molar-refractivity contribution in [3.63, 3.8) is 0 Å². The Balaban J connectivity index is 2.90. The van der Waals surface area contributed by atoms with Gasteiger partial charge in [-0.05, 0) is 12.1 Å². The zero-order chi connectivity index (χ0) is 8.48. The molecule has 1 unspecified atom stereocenters. The predicted octanol–water partition coefficient (Wildman–Crippen LogP) is 2.57. The third kappa shape index (κ3) is 1.50. The molecule has 1 rings (SSSR count). The van der Waals surface area contributed by atoms with E-state index in [1.54, 1.807) is 0 Å². The molecule has 1 nitrogen and oxygen atoms in total. The van der Waals surface area contributed by atoms with Crippen LogP contribution >= 0.6 is 11.6 Å². The molecule has 0 spiro atoms. The second-order valence-corrected chi connectivity index (χ2v) is 2.36. The molecule has 0 radical (unpaired) electrons. The van der Waals surface area contributed by atoms with Crippen LogP contribution in [0.25, 0.3) is 0 Å². The quantitative estimate of drug-likeness (QED) is 0.621. The molecule has 1 aromatic heterocycles. The maximum atomic E-state index is 12.6. The molecule has 0 aliphatic rings. The summed E-state index contributed by atoms with van der Waals surface area (Å²) < 4.78 is 37.6. The average Bonchev–Trinajstić information content (AvgIpc) is 2.37. The normalized spacial score (nSPS) is 14.9. The summed E-state index contributed by atoms with van der Waals surface area (Å²) in [6.07, 6.45) is 2.10. The van der Waals surface area contributed by atoms with E-state index in [2.05, 4.69) is 11.6 Å². The molecule has 0 amide bonds. The molecule has 1 heterocycles. The summed E-state index contributed by atoms with van der Waals surface area (Å²) in [5.74, 6) is 0. The molecule has 0 saturated heterocycles. The fourth-order valence-corrected chi connectivity index (χ4v) is 0.759. The van der Waals surface area contributed by atoms with E-state index in [-0.39, 0.29) is 0 Å². The van der Waals surface area contributed by atoms with Gasteiger partial charge in [0.25, 0.3) is 5.63 Å². The number of rotatable bonds is 2. The molecule has 0 aliphatic carbocycles. The second kappa shape index (κ2) is 2.77. The zero-order valence-corrected chi connectivity index (χ0v) is 6.10. The minimum atomic E-state index is -3.66. The lowest BCUT2D eigenvalue weighted by atomic mass is 10.6. The van der Waals surface area contributed by atoms with Gasteiger partial charge in [-0.25, -0.2) is 4.39 Å². The van der Waals surface area contributed by atoms with Crippen molar-refractivity contribution in [3.05, 3.63) is 24.5 Å². The van der Waals surface area contributed by atoms with Crippen LogP contribution < -0.4 is 0 Å². The first-order valence-electron chi connectivity index (χ1n) is 2.84. The minimum Gasteiger partial charge on any atom is -0.292 e. The van der Waals surface area contributed by atoms with Crippen LogP contribution in [0.4, 0.5) is 13.2 Å². The highest BCUT2D eigenvalue weighted by molar-refractivity contribution is 6.20. The van der Waals surface area contributed by atoms with E-state index in [1.165, 1.54) is 12.1 Å². The van der Waals surface area contributed by atoms with Crippen LogP contribution in [0.1, 0.15) is 0 Å². The summed E-state index contributed by atoms with van der Waals surface area (Å²) in [4.78, 5) is 0. The Kier molecular flexibility index (Phi) is 2.13. The van der Waals surface area contributed by atoms with Crippen molar-refractivity contribution in [2.24, 2.45) is 0 Å². The van der Waals surface area contributed by atoms with Gasteiger partial charge in [-0.2, -0.15) is 8.78 Å². The standard InChI is InChI=1S/C6H5ClF3N/c7-5(8)6(9,10)11-3-1-2-4-11/h1-5H. The third-order valence-electron chi connectivity index (χ3n) is 1.21. The van der Waals surface area contributed by atoms with E-state index in [9.17, 15) is 13.2 Å². The van der Waals surface area contributed by atoms with Gasteiger partial charge in [0.15, 0.2) is 0 Å².